The molecule has 0 aliphatic carbocycles. The van der Waals surface area contributed by atoms with Gasteiger partial charge in [-0.1, -0.05) is 23.4 Å². The number of carbonyl (C=O) groups excluding carboxylic acids is 1. The normalized spacial score (nSPS) is 9.00. The van der Waals surface area contributed by atoms with Crippen LogP contribution in [0.2, 0.25) is 5.02 Å². The third kappa shape index (κ3) is 3.61. The number of hydrogen-bond donors (Lipinski definition) is 0. The van der Waals surface area contributed by atoms with Crippen molar-refractivity contribution in [1.29, 1.82) is 0 Å². The Kier molecular flexibility index (Phi) is 4.14. The van der Waals surface area contributed by atoms with E-state index in [1.807, 2.05) is 0 Å². The maximum Gasteiger partial charge on any atom is 0.317 e. The Morgan fingerprint density at radius 2 is 2.33 bits per heavy atom. The zero-order valence-electron chi connectivity index (χ0n) is 8.01. The molecule has 1 aromatic carbocycles. The molecule has 15 heavy (non-hydrogen) atoms. The predicted octanol–water partition coefficient (Wildman–Crippen LogP) is 2.39. The number of rotatable bonds is 1. The smallest absolute Gasteiger partial charge is 0.317 e. The van der Waals surface area contributed by atoms with Crippen LogP contribution in [0.4, 0.5) is 4.39 Å². The van der Waals surface area contributed by atoms with E-state index in [4.69, 9.17) is 11.6 Å². The minimum absolute atomic E-state index is 0.0384. The van der Waals surface area contributed by atoms with Gasteiger partial charge < -0.3 is 4.74 Å². The molecule has 0 N–H and O–H groups in total. The van der Waals surface area contributed by atoms with Gasteiger partial charge >= 0.3 is 5.97 Å². The van der Waals surface area contributed by atoms with Gasteiger partial charge in [0, 0.05) is 5.56 Å². The van der Waals surface area contributed by atoms with Crippen molar-refractivity contribution in [2.24, 2.45) is 0 Å². The fraction of sp³-hybridized carbons (Fsp3) is 0.182. The maximum atomic E-state index is 12.8. The van der Waals surface area contributed by atoms with E-state index in [1.54, 1.807) is 0 Å². The van der Waals surface area contributed by atoms with Gasteiger partial charge in [-0.3, -0.25) is 4.79 Å². The first-order valence-corrected chi connectivity index (χ1v) is 4.52. The quantitative estimate of drug-likeness (QED) is 0.543. The number of esters is 1. The van der Waals surface area contributed by atoms with Crippen LogP contribution in [0.3, 0.4) is 0 Å². The summed E-state index contributed by atoms with van der Waals surface area (Å²) in [6, 6.07) is 3.87. The number of methoxy groups -OCH3 is 1. The van der Waals surface area contributed by atoms with Gasteiger partial charge in [0.25, 0.3) is 0 Å². The molecule has 0 amide bonds. The average Bonchev–Trinajstić information content (AvgIpc) is 2.23. The topological polar surface area (TPSA) is 26.3 Å². The highest BCUT2D eigenvalue weighted by Gasteiger charge is 1.99. The second-order valence-electron chi connectivity index (χ2n) is 2.68. The van der Waals surface area contributed by atoms with Crippen LogP contribution >= 0.6 is 11.6 Å². The number of carbonyl (C=O) groups is 1. The number of ether oxygens (including phenoxy) is 1. The Morgan fingerprint density at radius 3 is 3.00 bits per heavy atom. The van der Waals surface area contributed by atoms with Gasteiger partial charge in [0.05, 0.1) is 12.1 Å². The number of halogens is 2. The molecule has 0 saturated carbocycles. The standard InChI is InChI=1S/C11H8ClFO2/c1-15-11(14)4-2-3-8-7-9(13)5-6-10(8)12/h5-7H,4H2,1H3. The first-order valence-electron chi connectivity index (χ1n) is 4.14. The van der Waals surface area contributed by atoms with Crippen molar-refractivity contribution in [3.05, 3.63) is 34.6 Å². The second-order valence-corrected chi connectivity index (χ2v) is 3.09. The van der Waals surface area contributed by atoms with E-state index >= 15 is 0 Å². The van der Waals surface area contributed by atoms with Crippen LogP contribution < -0.4 is 0 Å². The van der Waals surface area contributed by atoms with E-state index in [2.05, 4.69) is 16.6 Å². The zero-order chi connectivity index (χ0) is 11.3. The Labute approximate surface area is 92.0 Å². The van der Waals surface area contributed by atoms with Crippen LogP contribution in [-0.2, 0) is 9.53 Å². The van der Waals surface area contributed by atoms with Gasteiger partial charge in [0.1, 0.15) is 12.2 Å². The van der Waals surface area contributed by atoms with Gasteiger partial charge in [0.15, 0.2) is 0 Å². The van der Waals surface area contributed by atoms with Crippen molar-refractivity contribution in [2.45, 2.75) is 6.42 Å². The summed E-state index contributed by atoms with van der Waals surface area (Å²) >= 11 is 5.76. The van der Waals surface area contributed by atoms with Crippen molar-refractivity contribution in [3.8, 4) is 11.8 Å². The van der Waals surface area contributed by atoms with E-state index in [0.29, 0.717) is 10.6 Å². The molecule has 0 bridgehead atoms. The van der Waals surface area contributed by atoms with Crippen LogP contribution in [0.1, 0.15) is 12.0 Å². The lowest BCUT2D eigenvalue weighted by molar-refractivity contribution is -0.139. The summed E-state index contributed by atoms with van der Waals surface area (Å²) in [7, 11) is 1.28. The maximum absolute atomic E-state index is 12.8. The van der Waals surface area contributed by atoms with Crippen molar-refractivity contribution in [3.63, 3.8) is 0 Å². The van der Waals surface area contributed by atoms with Gasteiger partial charge in [-0.2, -0.15) is 0 Å². The van der Waals surface area contributed by atoms with Crippen LogP contribution in [0.5, 0.6) is 0 Å². The highest BCUT2D eigenvalue weighted by molar-refractivity contribution is 6.31. The molecular weight excluding hydrogens is 219 g/mol. The zero-order valence-corrected chi connectivity index (χ0v) is 8.77. The SMILES string of the molecule is COC(=O)CC#Cc1cc(F)ccc1Cl. The van der Waals surface area contributed by atoms with Crippen molar-refractivity contribution in [2.75, 3.05) is 7.11 Å². The molecular formula is C11H8ClFO2. The Bertz CT molecular complexity index is 432. The molecule has 1 rings (SSSR count). The summed E-state index contributed by atoms with van der Waals surface area (Å²) < 4.78 is 17.2. The molecule has 78 valence electrons. The summed E-state index contributed by atoms with van der Waals surface area (Å²) in [5.74, 6) is 4.29. The summed E-state index contributed by atoms with van der Waals surface area (Å²) in [6.45, 7) is 0. The molecule has 1 aromatic rings. The number of benzene rings is 1. The van der Waals surface area contributed by atoms with Crippen molar-refractivity contribution in [1.82, 2.24) is 0 Å². The van der Waals surface area contributed by atoms with Crippen LogP contribution in [0.15, 0.2) is 18.2 Å². The summed E-state index contributed by atoms with van der Waals surface area (Å²) in [4.78, 5) is 10.7. The summed E-state index contributed by atoms with van der Waals surface area (Å²) in [5, 5.41) is 0.355. The highest BCUT2D eigenvalue weighted by Crippen LogP contribution is 2.15. The first kappa shape index (κ1) is 11.5. The molecule has 0 saturated heterocycles. The fourth-order valence-electron chi connectivity index (χ4n) is 0.877. The predicted molar refractivity (Wildman–Crippen MR) is 54.9 cm³/mol. The molecule has 0 atom stereocenters. The Morgan fingerprint density at radius 1 is 1.60 bits per heavy atom. The molecule has 2 nitrogen and oxygen atoms in total. The van der Waals surface area contributed by atoms with E-state index in [1.165, 1.54) is 25.3 Å². The lowest BCUT2D eigenvalue weighted by Gasteiger charge is -1.95. The molecule has 0 spiro atoms. The molecule has 0 aliphatic heterocycles. The average molecular weight is 227 g/mol. The number of hydrogen-bond acceptors (Lipinski definition) is 2. The van der Waals surface area contributed by atoms with E-state index in [9.17, 15) is 9.18 Å². The molecule has 4 heteroatoms. The molecule has 0 unspecified atom stereocenters. The van der Waals surface area contributed by atoms with Crippen molar-refractivity contribution < 1.29 is 13.9 Å². The largest absolute Gasteiger partial charge is 0.468 e. The fourth-order valence-corrected chi connectivity index (χ4v) is 1.04. The lowest BCUT2D eigenvalue weighted by atomic mass is 10.2. The van der Waals surface area contributed by atoms with Crippen molar-refractivity contribution >= 4 is 17.6 Å². The monoisotopic (exact) mass is 226 g/mol. The third-order valence-electron chi connectivity index (χ3n) is 1.61. The summed E-state index contributed by atoms with van der Waals surface area (Å²) in [5.41, 5.74) is 0.362. The minimum atomic E-state index is -0.435. The first-order chi connectivity index (χ1) is 7.13. The van der Waals surface area contributed by atoms with Gasteiger partial charge in [-0.05, 0) is 18.2 Å². The van der Waals surface area contributed by atoms with E-state index in [-0.39, 0.29) is 6.42 Å². The van der Waals surface area contributed by atoms with Crippen LogP contribution in [-0.4, -0.2) is 13.1 Å². The molecule has 0 aromatic heterocycles. The lowest BCUT2D eigenvalue weighted by Crippen LogP contribution is -1.97. The Hall–Kier alpha value is -1.53. The van der Waals surface area contributed by atoms with E-state index < -0.39 is 11.8 Å². The molecule has 0 heterocycles. The molecule has 0 fully saturated rings. The molecule has 0 radical (unpaired) electrons. The van der Waals surface area contributed by atoms with Crippen LogP contribution in [0, 0.1) is 17.7 Å². The van der Waals surface area contributed by atoms with E-state index in [0.717, 1.165) is 0 Å². The third-order valence-corrected chi connectivity index (χ3v) is 1.94. The van der Waals surface area contributed by atoms with Gasteiger partial charge in [0.2, 0.25) is 0 Å². The van der Waals surface area contributed by atoms with Gasteiger partial charge in [-0.15, -0.1) is 0 Å². The minimum Gasteiger partial charge on any atom is -0.468 e. The van der Waals surface area contributed by atoms with Crippen LogP contribution in [0.25, 0.3) is 0 Å². The second kappa shape index (κ2) is 5.38. The van der Waals surface area contributed by atoms with Gasteiger partial charge in [-0.25, -0.2) is 4.39 Å². The highest BCUT2D eigenvalue weighted by atomic mass is 35.5. The Balaban J connectivity index is 2.79. The summed E-state index contributed by atoms with van der Waals surface area (Å²) in [6.07, 6.45) is -0.0384. The molecule has 0 aliphatic rings.